The summed E-state index contributed by atoms with van der Waals surface area (Å²) in [6.07, 6.45) is 1.34. The van der Waals surface area contributed by atoms with Gasteiger partial charge >= 0.3 is 0 Å². The fourth-order valence-electron chi connectivity index (χ4n) is 1.91. The Balaban J connectivity index is 2.29. The summed E-state index contributed by atoms with van der Waals surface area (Å²) in [4.78, 5) is 12.5. The zero-order valence-corrected chi connectivity index (χ0v) is 12.7. The van der Waals surface area contributed by atoms with Crippen LogP contribution in [0.15, 0.2) is 12.1 Å². The predicted molar refractivity (Wildman–Crippen MR) is 81.6 cm³/mol. The Hall–Kier alpha value is -1.53. The standard InChI is InChI=1S/C13H15ClN2O3S/c1-18-9-6-8(10(19-2)5-7(9)14)16-12(17)13(3-4-13)11(15)20/h5-6H,3-4H2,1-2H3,(H2,15,20)(H,16,17). The van der Waals surface area contributed by atoms with Gasteiger partial charge in [0.1, 0.15) is 11.5 Å². The summed E-state index contributed by atoms with van der Waals surface area (Å²) in [7, 11) is 2.99. The molecular weight excluding hydrogens is 300 g/mol. The first-order valence-corrected chi connectivity index (χ1v) is 6.76. The van der Waals surface area contributed by atoms with Crippen molar-refractivity contribution in [2.24, 2.45) is 11.1 Å². The molecule has 0 aromatic heterocycles. The first-order valence-electron chi connectivity index (χ1n) is 5.97. The molecule has 1 aliphatic rings. The van der Waals surface area contributed by atoms with E-state index >= 15 is 0 Å². The second-order valence-corrected chi connectivity index (χ2v) is 5.43. The van der Waals surface area contributed by atoms with Crippen LogP contribution in [0.5, 0.6) is 11.5 Å². The fourth-order valence-corrected chi connectivity index (χ4v) is 2.44. The number of nitrogens with two attached hydrogens (primary N) is 1. The van der Waals surface area contributed by atoms with Gasteiger partial charge in [0.05, 0.1) is 35.3 Å². The highest BCUT2D eigenvalue weighted by atomic mass is 35.5. The molecule has 1 saturated carbocycles. The number of anilines is 1. The van der Waals surface area contributed by atoms with E-state index in [2.05, 4.69) is 5.32 Å². The minimum absolute atomic E-state index is 0.217. The van der Waals surface area contributed by atoms with Crippen LogP contribution in [0.3, 0.4) is 0 Å². The zero-order chi connectivity index (χ0) is 14.9. The topological polar surface area (TPSA) is 73.6 Å². The molecule has 0 spiro atoms. The van der Waals surface area contributed by atoms with E-state index in [4.69, 9.17) is 39.0 Å². The van der Waals surface area contributed by atoms with Crippen molar-refractivity contribution >= 4 is 40.4 Å². The van der Waals surface area contributed by atoms with Gasteiger partial charge in [0, 0.05) is 12.1 Å². The number of halogens is 1. The van der Waals surface area contributed by atoms with Gasteiger partial charge in [-0.1, -0.05) is 23.8 Å². The second-order valence-electron chi connectivity index (χ2n) is 4.59. The number of thiocarbonyl (C=S) groups is 1. The maximum Gasteiger partial charge on any atom is 0.237 e. The molecule has 1 aliphatic carbocycles. The molecule has 3 N–H and O–H groups in total. The first kappa shape index (κ1) is 14.9. The Morgan fingerprint density at radius 1 is 1.35 bits per heavy atom. The molecule has 5 nitrogen and oxygen atoms in total. The van der Waals surface area contributed by atoms with Crippen molar-refractivity contribution in [2.75, 3.05) is 19.5 Å². The Labute approximate surface area is 127 Å². The van der Waals surface area contributed by atoms with Crippen molar-refractivity contribution in [1.29, 1.82) is 0 Å². The number of rotatable bonds is 5. The summed E-state index contributed by atoms with van der Waals surface area (Å²) < 4.78 is 10.3. The van der Waals surface area contributed by atoms with Crippen LogP contribution in [0.2, 0.25) is 5.02 Å². The molecule has 1 amide bonds. The quantitative estimate of drug-likeness (QED) is 0.816. The summed E-state index contributed by atoms with van der Waals surface area (Å²) in [5.41, 5.74) is 5.38. The van der Waals surface area contributed by atoms with Gasteiger partial charge in [0.25, 0.3) is 0 Å². The fraction of sp³-hybridized carbons (Fsp3) is 0.385. The number of ether oxygens (including phenoxy) is 2. The van der Waals surface area contributed by atoms with E-state index in [0.29, 0.717) is 35.1 Å². The molecular formula is C13H15ClN2O3S. The maximum absolute atomic E-state index is 12.3. The predicted octanol–water partition coefficient (Wildman–Crippen LogP) is 2.36. The summed E-state index contributed by atoms with van der Waals surface area (Å²) in [5, 5.41) is 3.18. The third-order valence-corrected chi connectivity index (χ3v) is 4.06. The number of carbonyl (C=O) groups is 1. The van der Waals surface area contributed by atoms with E-state index in [1.807, 2.05) is 0 Å². The Morgan fingerprint density at radius 2 is 1.95 bits per heavy atom. The summed E-state index contributed by atoms with van der Waals surface area (Å²) >= 11 is 11.0. The first-order chi connectivity index (χ1) is 9.44. The SMILES string of the molecule is COc1cc(NC(=O)C2(C(N)=S)CC2)c(OC)cc1Cl. The molecule has 0 saturated heterocycles. The second kappa shape index (κ2) is 5.46. The van der Waals surface area contributed by atoms with Crippen molar-refractivity contribution in [3.8, 4) is 11.5 Å². The highest BCUT2D eigenvalue weighted by molar-refractivity contribution is 7.80. The van der Waals surface area contributed by atoms with Crippen LogP contribution in [0.4, 0.5) is 5.69 Å². The molecule has 2 rings (SSSR count). The highest BCUT2D eigenvalue weighted by Gasteiger charge is 2.52. The maximum atomic E-state index is 12.3. The van der Waals surface area contributed by atoms with Crippen LogP contribution in [0.25, 0.3) is 0 Å². The number of hydrogen-bond acceptors (Lipinski definition) is 4. The van der Waals surface area contributed by atoms with E-state index in [1.165, 1.54) is 14.2 Å². The Morgan fingerprint density at radius 3 is 2.40 bits per heavy atom. The molecule has 0 aliphatic heterocycles. The molecule has 0 unspecified atom stereocenters. The zero-order valence-electron chi connectivity index (χ0n) is 11.2. The largest absolute Gasteiger partial charge is 0.495 e. The van der Waals surface area contributed by atoms with Crippen molar-refractivity contribution in [1.82, 2.24) is 0 Å². The molecule has 0 bridgehead atoms. The van der Waals surface area contributed by atoms with E-state index in [9.17, 15) is 4.79 Å². The van der Waals surface area contributed by atoms with Crippen LogP contribution in [-0.2, 0) is 4.79 Å². The lowest BCUT2D eigenvalue weighted by molar-refractivity contribution is -0.118. The number of benzene rings is 1. The van der Waals surface area contributed by atoms with E-state index in [-0.39, 0.29) is 10.9 Å². The number of hydrogen-bond donors (Lipinski definition) is 2. The van der Waals surface area contributed by atoms with Gasteiger partial charge in [0.15, 0.2) is 0 Å². The number of nitrogens with one attached hydrogen (secondary N) is 1. The monoisotopic (exact) mass is 314 g/mol. The lowest BCUT2D eigenvalue weighted by Gasteiger charge is -2.17. The summed E-state index contributed by atoms with van der Waals surface area (Å²) in [5.74, 6) is 0.665. The average molecular weight is 315 g/mol. The highest BCUT2D eigenvalue weighted by Crippen LogP contribution is 2.47. The number of carbonyl (C=O) groups excluding carboxylic acids is 1. The van der Waals surface area contributed by atoms with Gasteiger partial charge in [-0.25, -0.2) is 0 Å². The molecule has 108 valence electrons. The van der Waals surface area contributed by atoms with Crippen molar-refractivity contribution < 1.29 is 14.3 Å². The molecule has 0 heterocycles. The van der Waals surface area contributed by atoms with Gasteiger partial charge in [-0.05, 0) is 12.8 Å². The molecule has 1 aromatic carbocycles. The van der Waals surface area contributed by atoms with Gasteiger partial charge in [-0.2, -0.15) is 0 Å². The molecule has 0 atom stereocenters. The summed E-state index contributed by atoms with van der Waals surface area (Å²) in [6, 6.07) is 3.19. The van der Waals surface area contributed by atoms with Gasteiger partial charge in [-0.3, -0.25) is 4.79 Å². The smallest absolute Gasteiger partial charge is 0.237 e. The van der Waals surface area contributed by atoms with Crippen LogP contribution in [0, 0.1) is 5.41 Å². The minimum Gasteiger partial charge on any atom is -0.495 e. The lowest BCUT2D eigenvalue weighted by atomic mass is 10.1. The normalized spacial score (nSPS) is 15.3. The van der Waals surface area contributed by atoms with Crippen LogP contribution >= 0.6 is 23.8 Å². The minimum atomic E-state index is -0.729. The van der Waals surface area contributed by atoms with Crippen LogP contribution < -0.4 is 20.5 Å². The van der Waals surface area contributed by atoms with E-state index in [0.717, 1.165) is 0 Å². The Bertz CT molecular complexity index is 573. The van der Waals surface area contributed by atoms with E-state index in [1.54, 1.807) is 12.1 Å². The third-order valence-electron chi connectivity index (χ3n) is 3.38. The van der Waals surface area contributed by atoms with Crippen LogP contribution in [-0.4, -0.2) is 25.1 Å². The van der Waals surface area contributed by atoms with Gasteiger partial charge in [-0.15, -0.1) is 0 Å². The van der Waals surface area contributed by atoms with E-state index < -0.39 is 5.41 Å². The summed E-state index contributed by atoms with van der Waals surface area (Å²) in [6.45, 7) is 0. The van der Waals surface area contributed by atoms with Crippen molar-refractivity contribution in [2.45, 2.75) is 12.8 Å². The third kappa shape index (κ3) is 2.53. The van der Waals surface area contributed by atoms with Crippen LogP contribution in [0.1, 0.15) is 12.8 Å². The molecule has 0 radical (unpaired) electrons. The average Bonchev–Trinajstić information content (AvgIpc) is 3.21. The number of amides is 1. The van der Waals surface area contributed by atoms with Crippen molar-refractivity contribution in [3.63, 3.8) is 0 Å². The number of methoxy groups -OCH3 is 2. The molecule has 7 heteroatoms. The van der Waals surface area contributed by atoms with Gasteiger partial charge < -0.3 is 20.5 Å². The Kier molecular flexibility index (Phi) is 4.06. The van der Waals surface area contributed by atoms with Gasteiger partial charge in [0.2, 0.25) is 5.91 Å². The molecule has 1 aromatic rings. The molecule has 1 fully saturated rings. The molecule has 20 heavy (non-hydrogen) atoms. The van der Waals surface area contributed by atoms with Crippen molar-refractivity contribution in [3.05, 3.63) is 17.2 Å². The lowest BCUT2D eigenvalue weighted by Crippen LogP contribution is -2.35.